The normalized spacial score (nSPS) is 13.7. The summed E-state index contributed by atoms with van der Waals surface area (Å²) >= 11 is 0. The van der Waals surface area contributed by atoms with Crippen LogP contribution in [0.3, 0.4) is 0 Å². The summed E-state index contributed by atoms with van der Waals surface area (Å²) in [6.45, 7) is 2.59. The van der Waals surface area contributed by atoms with Gasteiger partial charge < -0.3 is 9.64 Å². The Morgan fingerprint density at radius 3 is 2.56 bits per heavy atom. The molecule has 1 aliphatic heterocycles. The lowest BCUT2D eigenvalue weighted by molar-refractivity contribution is -0.385. The second kappa shape index (κ2) is 10.3. The number of nitrogens with one attached hydrogen (secondary N) is 1. The molecule has 9 heteroatoms. The Morgan fingerprint density at radius 2 is 1.78 bits per heavy atom. The molecule has 1 N–H and O–H groups in total. The molecule has 0 saturated carbocycles. The third-order valence-electron chi connectivity index (χ3n) is 5.98. The summed E-state index contributed by atoms with van der Waals surface area (Å²) in [6.07, 6.45) is 1.31. The van der Waals surface area contributed by atoms with Crippen molar-refractivity contribution >= 4 is 34.4 Å². The minimum atomic E-state index is -0.464. The van der Waals surface area contributed by atoms with Crippen LogP contribution in [0, 0.1) is 10.1 Å². The number of nitro benzene ring substituents is 1. The smallest absolute Gasteiger partial charge is 0.278 e. The Hall–Kier alpha value is -4.63. The maximum absolute atomic E-state index is 13.2. The SMILES string of the molecule is O=C(N/N=C/c1cc(N2CCOCC2)ccc1[N+](=O)[O-])c1cc(-c2ccccc2)nc2ccccc12. The molecule has 0 bridgehead atoms. The van der Waals surface area contributed by atoms with Crippen molar-refractivity contribution in [2.24, 2.45) is 5.10 Å². The first kappa shape index (κ1) is 23.1. The molecule has 0 radical (unpaired) electrons. The van der Waals surface area contributed by atoms with Crippen LogP contribution >= 0.6 is 0 Å². The van der Waals surface area contributed by atoms with Gasteiger partial charge >= 0.3 is 0 Å². The van der Waals surface area contributed by atoms with Gasteiger partial charge in [-0.1, -0.05) is 48.5 Å². The highest BCUT2D eigenvalue weighted by Crippen LogP contribution is 2.26. The van der Waals surface area contributed by atoms with Crippen molar-refractivity contribution in [3.05, 3.63) is 100 Å². The summed E-state index contributed by atoms with van der Waals surface area (Å²) in [7, 11) is 0. The van der Waals surface area contributed by atoms with Crippen LogP contribution in [0.5, 0.6) is 0 Å². The zero-order valence-electron chi connectivity index (χ0n) is 19.3. The number of fused-ring (bicyclic) bond motifs is 1. The van der Waals surface area contributed by atoms with Crippen molar-refractivity contribution < 1.29 is 14.5 Å². The van der Waals surface area contributed by atoms with E-state index in [0.717, 1.165) is 11.3 Å². The van der Waals surface area contributed by atoms with Crippen molar-refractivity contribution in [3.63, 3.8) is 0 Å². The highest BCUT2D eigenvalue weighted by molar-refractivity contribution is 6.07. The van der Waals surface area contributed by atoms with Gasteiger partial charge in [-0.3, -0.25) is 14.9 Å². The Bertz CT molecular complexity index is 1450. The van der Waals surface area contributed by atoms with E-state index in [4.69, 9.17) is 9.72 Å². The molecule has 1 amide bonds. The molecule has 1 saturated heterocycles. The van der Waals surface area contributed by atoms with Gasteiger partial charge in [0.1, 0.15) is 0 Å². The van der Waals surface area contributed by atoms with Gasteiger partial charge in [0.2, 0.25) is 0 Å². The second-order valence-corrected chi connectivity index (χ2v) is 8.24. The van der Waals surface area contributed by atoms with Crippen LogP contribution in [0.2, 0.25) is 0 Å². The van der Waals surface area contributed by atoms with E-state index < -0.39 is 10.8 Å². The summed E-state index contributed by atoms with van der Waals surface area (Å²) in [4.78, 5) is 31.0. The number of anilines is 1. The standard InChI is InChI=1S/C27H23N5O4/c33-27(23-17-25(19-6-2-1-3-7-19)29-24-9-5-4-8-22(23)24)30-28-18-20-16-21(10-11-26(20)32(34)35)31-12-14-36-15-13-31/h1-11,16-18H,12-15H2,(H,30,33)/b28-18+. The molecule has 0 atom stereocenters. The van der Waals surface area contributed by atoms with Crippen LogP contribution in [0.15, 0.2) is 84.0 Å². The van der Waals surface area contributed by atoms with Crippen LogP contribution in [0.1, 0.15) is 15.9 Å². The van der Waals surface area contributed by atoms with Gasteiger partial charge in [0.15, 0.2) is 0 Å². The third kappa shape index (κ3) is 4.91. The molecule has 3 aromatic carbocycles. The van der Waals surface area contributed by atoms with Crippen molar-refractivity contribution in [2.75, 3.05) is 31.2 Å². The molecule has 0 spiro atoms. The number of para-hydroxylation sites is 1. The van der Waals surface area contributed by atoms with Gasteiger partial charge in [0.05, 0.1) is 46.7 Å². The molecule has 180 valence electrons. The van der Waals surface area contributed by atoms with Crippen molar-refractivity contribution in [1.29, 1.82) is 0 Å². The minimum absolute atomic E-state index is 0.0919. The maximum Gasteiger partial charge on any atom is 0.278 e. The number of hydrazone groups is 1. The molecule has 4 aromatic rings. The lowest BCUT2D eigenvalue weighted by Gasteiger charge is -2.28. The van der Waals surface area contributed by atoms with E-state index in [-0.39, 0.29) is 5.69 Å². The van der Waals surface area contributed by atoms with Gasteiger partial charge in [-0.25, -0.2) is 10.4 Å². The zero-order chi connectivity index (χ0) is 24.9. The Morgan fingerprint density at radius 1 is 1.03 bits per heavy atom. The third-order valence-corrected chi connectivity index (χ3v) is 5.98. The highest BCUT2D eigenvalue weighted by atomic mass is 16.6. The average molecular weight is 482 g/mol. The molecular weight excluding hydrogens is 458 g/mol. The Labute approximate surface area is 207 Å². The lowest BCUT2D eigenvalue weighted by atomic mass is 10.0. The summed E-state index contributed by atoms with van der Waals surface area (Å²) < 4.78 is 5.39. The number of nitro groups is 1. The quantitative estimate of drug-likeness (QED) is 0.248. The molecule has 9 nitrogen and oxygen atoms in total. The number of aromatic nitrogens is 1. The summed E-state index contributed by atoms with van der Waals surface area (Å²) in [6, 6.07) is 23.6. The fraction of sp³-hybridized carbons (Fsp3) is 0.148. The molecular formula is C27H23N5O4. The van der Waals surface area contributed by atoms with Crippen LogP contribution in [0.25, 0.3) is 22.2 Å². The number of amides is 1. The van der Waals surface area contributed by atoms with Crippen LogP contribution < -0.4 is 10.3 Å². The summed E-state index contributed by atoms with van der Waals surface area (Å²) in [5.41, 5.74) is 6.22. The molecule has 36 heavy (non-hydrogen) atoms. The first-order valence-electron chi connectivity index (χ1n) is 11.5. The second-order valence-electron chi connectivity index (χ2n) is 8.24. The fourth-order valence-electron chi connectivity index (χ4n) is 4.17. The van der Waals surface area contributed by atoms with E-state index in [2.05, 4.69) is 15.4 Å². The Kier molecular flexibility index (Phi) is 6.63. The number of morpholine rings is 1. The van der Waals surface area contributed by atoms with Crippen LogP contribution in [0.4, 0.5) is 11.4 Å². The number of carbonyl (C=O) groups is 1. The topological polar surface area (TPSA) is 110 Å². The molecule has 1 fully saturated rings. The van der Waals surface area contributed by atoms with E-state index in [9.17, 15) is 14.9 Å². The van der Waals surface area contributed by atoms with Gasteiger partial charge in [-0.15, -0.1) is 0 Å². The van der Waals surface area contributed by atoms with E-state index >= 15 is 0 Å². The highest BCUT2D eigenvalue weighted by Gasteiger charge is 2.18. The monoisotopic (exact) mass is 481 g/mol. The van der Waals surface area contributed by atoms with Crippen molar-refractivity contribution in [3.8, 4) is 11.3 Å². The van der Waals surface area contributed by atoms with Crippen molar-refractivity contribution in [2.45, 2.75) is 0 Å². The molecule has 0 unspecified atom stereocenters. The lowest BCUT2D eigenvalue weighted by Crippen LogP contribution is -2.36. The number of carbonyl (C=O) groups excluding carboxylic acids is 1. The number of pyridine rings is 1. The minimum Gasteiger partial charge on any atom is -0.378 e. The largest absolute Gasteiger partial charge is 0.378 e. The van der Waals surface area contributed by atoms with E-state index in [1.54, 1.807) is 18.2 Å². The van der Waals surface area contributed by atoms with E-state index in [1.807, 2.05) is 54.6 Å². The molecule has 0 aliphatic carbocycles. The predicted octanol–water partition coefficient (Wildman–Crippen LogP) is 4.41. The van der Waals surface area contributed by atoms with E-state index in [0.29, 0.717) is 54.0 Å². The first-order chi connectivity index (χ1) is 17.6. The average Bonchev–Trinajstić information content (AvgIpc) is 2.93. The van der Waals surface area contributed by atoms with Crippen LogP contribution in [-0.2, 0) is 4.74 Å². The predicted molar refractivity (Wildman–Crippen MR) is 138 cm³/mol. The van der Waals surface area contributed by atoms with Crippen molar-refractivity contribution in [1.82, 2.24) is 10.4 Å². The number of rotatable bonds is 6. The van der Waals surface area contributed by atoms with Gasteiger partial charge in [0.25, 0.3) is 11.6 Å². The van der Waals surface area contributed by atoms with Gasteiger partial charge in [-0.05, 0) is 24.3 Å². The maximum atomic E-state index is 13.2. The summed E-state index contributed by atoms with van der Waals surface area (Å²) in [5, 5.41) is 16.3. The number of nitrogens with zero attached hydrogens (tertiary/aromatic N) is 4. The van der Waals surface area contributed by atoms with Gasteiger partial charge in [0, 0.05) is 35.8 Å². The number of ether oxygens (including phenoxy) is 1. The number of hydrogen-bond acceptors (Lipinski definition) is 7. The van der Waals surface area contributed by atoms with E-state index in [1.165, 1.54) is 12.3 Å². The first-order valence-corrected chi connectivity index (χ1v) is 11.5. The molecule has 1 aliphatic rings. The van der Waals surface area contributed by atoms with Gasteiger partial charge in [-0.2, -0.15) is 5.10 Å². The number of benzene rings is 3. The fourth-order valence-corrected chi connectivity index (χ4v) is 4.17. The Balaban J connectivity index is 1.43. The van der Waals surface area contributed by atoms with Crippen LogP contribution in [-0.4, -0.2) is 48.3 Å². The molecule has 2 heterocycles. The molecule has 1 aromatic heterocycles. The molecule has 5 rings (SSSR count). The zero-order valence-corrected chi connectivity index (χ0v) is 19.3. The summed E-state index contributed by atoms with van der Waals surface area (Å²) in [5.74, 6) is -0.436. The number of hydrogen-bond donors (Lipinski definition) is 1.